The lowest BCUT2D eigenvalue weighted by atomic mass is 9.87. The number of anilines is 1. The third-order valence-corrected chi connectivity index (χ3v) is 7.17. The van der Waals surface area contributed by atoms with Crippen LogP contribution >= 0.6 is 11.6 Å². The average molecular weight is 475 g/mol. The SMILES string of the molecule is COc1ccc(C(=O)c2cc(NS(=O)(=O)CCO)cc(Cl)c2C2CCn3cccc32)cc1. The van der Waals surface area contributed by atoms with Gasteiger partial charge in [0.05, 0.1) is 25.2 Å². The van der Waals surface area contributed by atoms with E-state index in [9.17, 15) is 13.2 Å². The van der Waals surface area contributed by atoms with E-state index in [0.29, 0.717) is 27.5 Å². The minimum atomic E-state index is -3.78. The van der Waals surface area contributed by atoms with Crippen LogP contribution in [0.15, 0.2) is 54.7 Å². The number of nitrogens with zero attached hydrogens (tertiary/aromatic N) is 1. The molecule has 0 aliphatic carbocycles. The van der Waals surface area contributed by atoms with Crippen LogP contribution in [0.2, 0.25) is 5.02 Å². The Morgan fingerprint density at radius 3 is 2.69 bits per heavy atom. The zero-order valence-electron chi connectivity index (χ0n) is 17.4. The van der Waals surface area contributed by atoms with Gasteiger partial charge in [0.1, 0.15) is 5.75 Å². The number of aryl methyl sites for hydroxylation is 1. The summed E-state index contributed by atoms with van der Waals surface area (Å²) in [7, 11) is -2.23. The Balaban J connectivity index is 1.82. The topological polar surface area (TPSA) is 97.6 Å². The molecule has 32 heavy (non-hydrogen) atoms. The van der Waals surface area contributed by atoms with E-state index in [4.69, 9.17) is 21.4 Å². The molecule has 2 N–H and O–H groups in total. The Labute approximate surface area is 191 Å². The lowest BCUT2D eigenvalue weighted by Crippen LogP contribution is -2.19. The van der Waals surface area contributed by atoms with Crippen molar-refractivity contribution in [2.75, 3.05) is 24.2 Å². The lowest BCUT2D eigenvalue weighted by Gasteiger charge is -2.19. The number of ether oxygens (including phenoxy) is 1. The van der Waals surface area contributed by atoms with Gasteiger partial charge in [-0.1, -0.05) is 11.6 Å². The summed E-state index contributed by atoms with van der Waals surface area (Å²) in [6.45, 7) is 0.294. The van der Waals surface area contributed by atoms with Crippen LogP contribution in [0.1, 0.15) is 39.5 Å². The van der Waals surface area contributed by atoms with Crippen LogP contribution in [0.25, 0.3) is 0 Å². The molecular weight excluding hydrogens is 452 g/mol. The minimum Gasteiger partial charge on any atom is -0.497 e. The summed E-state index contributed by atoms with van der Waals surface area (Å²) in [5.41, 5.74) is 2.69. The summed E-state index contributed by atoms with van der Waals surface area (Å²) < 4.78 is 34.1. The highest BCUT2D eigenvalue weighted by Gasteiger charge is 2.30. The van der Waals surface area contributed by atoms with Gasteiger partial charge in [-0.25, -0.2) is 8.42 Å². The Bertz CT molecular complexity index is 1250. The maximum atomic E-state index is 13.5. The predicted molar refractivity (Wildman–Crippen MR) is 123 cm³/mol. The number of hydrogen-bond donors (Lipinski definition) is 2. The number of aliphatic hydroxyl groups is 1. The molecule has 0 bridgehead atoms. The first-order chi connectivity index (χ1) is 15.3. The van der Waals surface area contributed by atoms with E-state index < -0.39 is 22.4 Å². The third kappa shape index (κ3) is 4.39. The van der Waals surface area contributed by atoms with Crippen molar-refractivity contribution < 1.29 is 23.1 Å². The van der Waals surface area contributed by atoms with E-state index in [1.54, 1.807) is 31.4 Å². The van der Waals surface area contributed by atoms with Crippen molar-refractivity contribution in [3.63, 3.8) is 0 Å². The number of sulfonamides is 1. The van der Waals surface area contributed by atoms with Crippen LogP contribution in [0.5, 0.6) is 5.75 Å². The molecule has 0 amide bonds. The van der Waals surface area contributed by atoms with Gasteiger partial charge in [-0.3, -0.25) is 9.52 Å². The summed E-state index contributed by atoms with van der Waals surface area (Å²) in [6, 6.07) is 13.7. The number of carbonyl (C=O) groups is 1. The second kappa shape index (κ2) is 8.97. The minimum absolute atomic E-state index is 0.0854. The standard InChI is InChI=1S/C23H23ClN2O5S/c1-31-17-6-4-15(5-7-17)23(28)19-13-16(25-32(29,30)12-11-27)14-20(24)22(19)18-8-10-26-9-2-3-21(18)26/h2-7,9,13-14,18,25,27H,8,10-12H2,1H3. The van der Waals surface area contributed by atoms with E-state index in [0.717, 1.165) is 18.7 Å². The molecule has 1 atom stereocenters. The Kier molecular flexibility index (Phi) is 6.28. The van der Waals surface area contributed by atoms with Crippen molar-refractivity contribution in [1.29, 1.82) is 0 Å². The molecule has 0 spiro atoms. The zero-order valence-corrected chi connectivity index (χ0v) is 19.0. The monoisotopic (exact) mass is 474 g/mol. The lowest BCUT2D eigenvalue weighted by molar-refractivity contribution is 0.103. The number of methoxy groups -OCH3 is 1. The first-order valence-corrected chi connectivity index (χ1v) is 12.1. The molecule has 2 heterocycles. The number of carbonyl (C=O) groups excluding carboxylic acids is 1. The molecule has 7 nitrogen and oxygen atoms in total. The summed E-state index contributed by atoms with van der Waals surface area (Å²) in [6.07, 6.45) is 2.78. The fourth-order valence-electron chi connectivity index (χ4n) is 4.12. The van der Waals surface area contributed by atoms with Crippen molar-refractivity contribution in [1.82, 2.24) is 4.57 Å². The second-order valence-electron chi connectivity index (χ2n) is 7.59. The first-order valence-electron chi connectivity index (χ1n) is 10.1. The maximum Gasteiger partial charge on any atom is 0.234 e. The zero-order chi connectivity index (χ0) is 22.9. The van der Waals surface area contributed by atoms with Crippen LogP contribution in [0.3, 0.4) is 0 Å². The number of halogens is 1. The van der Waals surface area contributed by atoms with Crippen molar-refractivity contribution in [2.24, 2.45) is 0 Å². The molecule has 168 valence electrons. The van der Waals surface area contributed by atoms with Gasteiger partial charge in [0.2, 0.25) is 10.0 Å². The molecule has 0 fully saturated rings. The Morgan fingerprint density at radius 1 is 1.25 bits per heavy atom. The molecular formula is C23H23ClN2O5S. The summed E-state index contributed by atoms with van der Waals surface area (Å²) in [5.74, 6) is -0.181. The quantitative estimate of drug-likeness (QED) is 0.486. The molecule has 1 aliphatic heterocycles. The molecule has 3 aromatic rings. The number of benzene rings is 2. The third-order valence-electron chi connectivity index (χ3n) is 5.59. The van der Waals surface area contributed by atoms with Crippen molar-refractivity contribution in [3.05, 3.63) is 82.1 Å². The molecule has 4 rings (SSSR count). The van der Waals surface area contributed by atoms with E-state index in [1.807, 2.05) is 18.3 Å². The normalized spacial score (nSPS) is 15.4. The van der Waals surface area contributed by atoms with Gasteiger partial charge in [0, 0.05) is 40.5 Å². The van der Waals surface area contributed by atoms with E-state index >= 15 is 0 Å². The summed E-state index contributed by atoms with van der Waals surface area (Å²) in [4.78, 5) is 13.5. The number of hydrogen-bond acceptors (Lipinski definition) is 5. The number of aromatic nitrogens is 1. The highest BCUT2D eigenvalue weighted by Crippen LogP contribution is 2.42. The smallest absolute Gasteiger partial charge is 0.234 e. The molecule has 0 saturated heterocycles. The Hall–Kier alpha value is -2.81. The number of fused-ring (bicyclic) bond motifs is 1. The van der Waals surface area contributed by atoms with Gasteiger partial charge in [-0.2, -0.15) is 0 Å². The number of aliphatic hydroxyl groups excluding tert-OH is 1. The molecule has 1 aliphatic rings. The average Bonchev–Trinajstić information content (AvgIpc) is 3.37. The van der Waals surface area contributed by atoms with Crippen LogP contribution < -0.4 is 9.46 Å². The highest BCUT2D eigenvalue weighted by atomic mass is 35.5. The summed E-state index contributed by atoms with van der Waals surface area (Å²) in [5, 5.41) is 9.33. The number of ketones is 1. The fourth-order valence-corrected chi connectivity index (χ4v) is 5.29. The van der Waals surface area contributed by atoms with E-state index in [1.165, 1.54) is 12.1 Å². The molecule has 9 heteroatoms. The van der Waals surface area contributed by atoms with Gasteiger partial charge in [0.25, 0.3) is 0 Å². The van der Waals surface area contributed by atoms with E-state index in [-0.39, 0.29) is 17.4 Å². The Morgan fingerprint density at radius 2 is 2.00 bits per heavy atom. The second-order valence-corrected chi connectivity index (χ2v) is 9.84. The van der Waals surface area contributed by atoms with Gasteiger partial charge in [-0.05, 0) is 60.5 Å². The van der Waals surface area contributed by atoms with Gasteiger partial charge >= 0.3 is 0 Å². The van der Waals surface area contributed by atoms with Gasteiger partial charge in [-0.15, -0.1) is 0 Å². The first kappa shape index (κ1) is 22.4. The highest BCUT2D eigenvalue weighted by molar-refractivity contribution is 7.92. The summed E-state index contributed by atoms with van der Waals surface area (Å²) >= 11 is 6.67. The predicted octanol–water partition coefficient (Wildman–Crippen LogP) is 3.65. The van der Waals surface area contributed by atoms with Crippen LogP contribution in [0.4, 0.5) is 5.69 Å². The van der Waals surface area contributed by atoms with Gasteiger partial charge < -0.3 is 14.4 Å². The molecule has 2 aromatic carbocycles. The number of rotatable bonds is 8. The van der Waals surface area contributed by atoms with Crippen molar-refractivity contribution >= 4 is 33.1 Å². The largest absolute Gasteiger partial charge is 0.497 e. The van der Waals surface area contributed by atoms with Crippen molar-refractivity contribution in [2.45, 2.75) is 18.9 Å². The van der Waals surface area contributed by atoms with Crippen LogP contribution in [0, 0.1) is 0 Å². The molecule has 1 unspecified atom stereocenters. The van der Waals surface area contributed by atoms with Gasteiger partial charge in [0.15, 0.2) is 5.78 Å². The van der Waals surface area contributed by atoms with Crippen LogP contribution in [-0.4, -0.2) is 43.3 Å². The fraction of sp³-hybridized carbons (Fsp3) is 0.261. The molecule has 0 saturated carbocycles. The number of nitrogens with one attached hydrogen (secondary N) is 1. The molecule has 0 radical (unpaired) electrons. The van der Waals surface area contributed by atoms with E-state index in [2.05, 4.69) is 9.29 Å². The van der Waals surface area contributed by atoms with Crippen LogP contribution in [-0.2, 0) is 16.6 Å². The molecule has 1 aromatic heterocycles. The van der Waals surface area contributed by atoms with Crippen molar-refractivity contribution in [3.8, 4) is 5.75 Å². The maximum absolute atomic E-state index is 13.5.